The van der Waals surface area contributed by atoms with E-state index in [4.69, 9.17) is 4.74 Å². The van der Waals surface area contributed by atoms with Crippen molar-refractivity contribution < 1.29 is 27.8 Å². The molecule has 1 heterocycles. The summed E-state index contributed by atoms with van der Waals surface area (Å²) in [6.45, 7) is 3.29. The minimum atomic E-state index is -4.29. The number of nitrogens with zero attached hydrogens (tertiary/aromatic N) is 2. The van der Waals surface area contributed by atoms with E-state index in [0.29, 0.717) is 16.0 Å². The number of sulfonamides is 1. The molecule has 1 aromatic heterocycles. The molecule has 0 saturated carbocycles. The van der Waals surface area contributed by atoms with Crippen molar-refractivity contribution in [3.05, 3.63) is 79.2 Å². The second-order valence-electron chi connectivity index (χ2n) is 6.62. The number of benzene rings is 2. The van der Waals surface area contributed by atoms with Gasteiger partial charge < -0.3 is 4.74 Å². The first-order valence-corrected chi connectivity index (χ1v) is 11.7. The lowest BCUT2D eigenvalue weighted by atomic mass is 10.0. The van der Waals surface area contributed by atoms with Gasteiger partial charge in [-0.15, -0.1) is 11.3 Å². The van der Waals surface area contributed by atoms with Crippen LogP contribution in [0, 0.1) is 27.2 Å². The average Bonchev–Trinajstić information content (AvgIpc) is 3.08. The largest absolute Gasteiger partial charge is 0.462 e. The molecule has 0 saturated heterocycles. The van der Waals surface area contributed by atoms with E-state index >= 15 is 0 Å². The minimum absolute atomic E-state index is 0.0322. The third-order valence-corrected chi connectivity index (χ3v) is 6.99. The molecule has 0 spiro atoms. The summed E-state index contributed by atoms with van der Waals surface area (Å²) in [5.41, 5.74) is 0.221. The molecular weight excluding hydrogens is 474 g/mol. The predicted octanol–water partition coefficient (Wildman–Crippen LogP) is 4.52. The second-order valence-corrected chi connectivity index (χ2v) is 9.53. The minimum Gasteiger partial charge on any atom is -0.462 e. The molecule has 0 atom stereocenters. The van der Waals surface area contributed by atoms with Gasteiger partial charge in [0.05, 0.1) is 21.3 Å². The quantitative estimate of drug-likeness (QED) is 0.273. The zero-order chi connectivity index (χ0) is 24.3. The summed E-state index contributed by atoms with van der Waals surface area (Å²) in [6.07, 6.45) is 0. The first kappa shape index (κ1) is 23.8. The SMILES string of the molecule is CCOC(=O)c1c(NS(=O)(=O)c2cccc([N+](=O)[O-])c2)sc(C)c1-c1ccc([N+](=O)[O-])cc1. The Bertz CT molecular complexity index is 1350. The van der Waals surface area contributed by atoms with Gasteiger partial charge in [-0.25, -0.2) is 13.2 Å². The van der Waals surface area contributed by atoms with Gasteiger partial charge in [-0.3, -0.25) is 25.0 Å². The number of nitrogens with one attached hydrogen (secondary N) is 1. The highest BCUT2D eigenvalue weighted by atomic mass is 32.2. The van der Waals surface area contributed by atoms with E-state index in [1.807, 2.05) is 0 Å². The van der Waals surface area contributed by atoms with Gasteiger partial charge in [-0.05, 0) is 37.6 Å². The van der Waals surface area contributed by atoms with Crippen LogP contribution in [-0.4, -0.2) is 30.8 Å². The molecule has 0 amide bonds. The number of rotatable bonds is 8. The number of nitro benzene ring substituents is 2. The highest BCUT2D eigenvalue weighted by molar-refractivity contribution is 7.93. The fraction of sp³-hybridized carbons (Fsp3) is 0.150. The fourth-order valence-electron chi connectivity index (χ4n) is 3.06. The van der Waals surface area contributed by atoms with Crippen LogP contribution in [-0.2, 0) is 14.8 Å². The van der Waals surface area contributed by atoms with Crippen molar-refractivity contribution in [2.75, 3.05) is 11.3 Å². The van der Waals surface area contributed by atoms with E-state index < -0.39 is 31.5 Å². The van der Waals surface area contributed by atoms with E-state index in [1.165, 1.54) is 36.4 Å². The zero-order valence-corrected chi connectivity index (χ0v) is 18.9. The highest BCUT2D eigenvalue weighted by Crippen LogP contribution is 2.41. The lowest BCUT2D eigenvalue weighted by molar-refractivity contribution is -0.385. The van der Waals surface area contributed by atoms with Gasteiger partial charge in [0.1, 0.15) is 10.6 Å². The Morgan fingerprint density at radius 2 is 1.70 bits per heavy atom. The Hall–Kier alpha value is -3.84. The van der Waals surface area contributed by atoms with Crippen LogP contribution in [0.3, 0.4) is 0 Å². The number of hydrogen-bond donors (Lipinski definition) is 1. The predicted molar refractivity (Wildman–Crippen MR) is 121 cm³/mol. The molecule has 0 radical (unpaired) electrons. The van der Waals surface area contributed by atoms with Crippen LogP contribution in [0.1, 0.15) is 22.2 Å². The van der Waals surface area contributed by atoms with Crippen LogP contribution in [0.25, 0.3) is 11.1 Å². The third-order valence-electron chi connectivity index (χ3n) is 4.50. The third kappa shape index (κ3) is 4.99. The Labute approximate surface area is 192 Å². The lowest BCUT2D eigenvalue weighted by Crippen LogP contribution is -2.15. The van der Waals surface area contributed by atoms with Gasteiger partial charge in [0.25, 0.3) is 21.4 Å². The second kappa shape index (κ2) is 9.34. The first-order chi connectivity index (χ1) is 15.5. The van der Waals surface area contributed by atoms with Crippen molar-refractivity contribution in [3.8, 4) is 11.1 Å². The van der Waals surface area contributed by atoms with Crippen LogP contribution < -0.4 is 4.72 Å². The summed E-state index contributed by atoms with van der Waals surface area (Å²) in [7, 11) is -4.29. The highest BCUT2D eigenvalue weighted by Gasteiger charge is 2.28. The van der Waals surface area contributed by atoms with Crippen LogP contribution in [0.4, 0.5) is 16.4 Å². The molecule has 11 nitrogen and oxygen atoms in total. The monoisotopic (exact) mass is 491 g/mol. The van der Waals surface area contributed by atoms with Gasteiger partial charge in [-0.1, -0.05) is 6.07 Å². The molecule has 0 bridgehead atoms. The van der Waals surface area contributed by atoms with Crippen LogP contribution in [0.15, 0.2) is 53.4 Å². The molecule has 3 aromatic rings. The van der Waals surface area contributed by atoms with Gasteiger partial charge >= 0.3 is 5.97 Å². The molecule has 0 aliphatic carbocycles. The fourth-order valence-corrected chi connectivity index (χ4v) is 5.47. The average molecular weight is 492 g/mol. The molecule has 0 aliphatic rings. The van der Waals surface area contributed by atoms with Crippen LogP contribution >= 0.6 is 11.3 Å². The van der Waals surface area contributed by atoms with Crippen molar-refractivity contribution in [3.63, 3.8) is 0 Å². The number of hydrogen-bond acceptors (Lipinski definition) is 9. The van der Waals surface area contributed by atoms with Crippen molar-refractivity contribution in [2.45, 2.75) is 18.7 Å². The van der Waals surface area contributed by atoms with E-state index in [-0.39, 0.29) is 27.8 Å². The summed E-state index contributed by atoms with van der Waals surface area (Å²) in [4.78, 5) is 33.7. The molecule has 0 aliphatic heterocycles. The number of carbonyl (C=O) groups is 1. The molecule has 0 fully saturated rings. The standard InChI is InChI=1S/C20H17N3O8S2/c1-3-31-20(24)18-17(13-7-9-14(10-8-13)22(25)26)12(2)32-19(18)21-33(29,30)16-6-4-5-15(11-16)23(27)28/h4-11,21H,3H2,1-2H3. The number of nitro groups is 2. The summed E-state index contributed by atoms with van der Waals surface area (Å²) in [6, 6.07) is 9.94. The molecule has 0 unspecified atom stereocenters. The lowest BCUT2D eigenvalue weighted by Gasteiger charge is -2.10. The first-order valence-electron chi connectivity index (χ1n) is 9.37. The van der Waals surface area contributed by atoms with Crippen LogP contribution in [0.5, 0.6) is 0 Å². The van der Waals surface area contributed by atoms with E-state index in [0.717, 1.165) is 23.5 Å². The van der Waals surface area contributed by atoms with Crippen molar-refractivity contribution >= 4 is 43.7 Å². The normalized spacial score (nSPS) is 11.1. The van der Waals surface area contributed by atoms with E-state index in [2.05, 4.69) is 4.72 Å². The zero-order valence-electron chi connectivity index (χ0n) is 17.3. The Kier molecular flexibility index (Phi) is 6.74. The molecule has 2 aromatic carbocycles. The van der Waals surface area contributed by atoms with Gasteiger partial charge in [0, 0.05) is 34.7 Å². The summed E-state index contributed by atoms with van der Waals surface area (Å²) in [5, 5.41) is 21.9. The van der Waals surface area contributed by atoms with Gasteiger partial charge in [0.15, 0.2) is 0 Å². The summed E-state index contributed by atoms with van der Waals surface area (Å²) < 4.78 is 33.3. The summed E-state index contributed by atoms with van der Waals surface area (Å²) in [5.74, 6) is -0.785. The molecule has 1 N–H and O–H groups in total. The molecule has 13 heteroatoms. The number of ether oxygens (including phenoxy) is 1. The number of anilines is 1. The maximum Gasteiger partial charge on any atom is 0.341 e. The Balaban J connectivity index is 2.11. The topological polar surface area (TPSA) is 159 Å². The maximum absolute atomic E-state index is 12.9. The smallest absolute Gasteiger partial charge is 0.341 e. The number of aryl methyl sites for hydroxylation is 1. The van der Waals surface area contributed by atoms with Gasteiger partial charge in [-0.2, -0.15) is 0 Å². The number of non-ortho nitro benzene ring substituents is 2. The number of thiophene rings is 1. The number of esters is 1. The van der Waals surface area contributed by atoms with E-state index in [1.54, 1.807) is 13.8 Å². The maximum atomic E-state index is 12.9. The van der Waals surface area contributed by atoms with Crippen LogP contribution in [0.2, 0.25) is 0 Å². The molecule has 172 valence electrons. The Morgan fingerprint density at radius 1 is 1.06 bits per heavy atom. The molecular formula is C20H17N3O8S2. The molecule has 3 rings (SSSR count). The van der Waals surface area contributed by atoms with Crippen molar-refractivity contribution in [2.24, 2.45) is 0 Å². The van der Waals surface area contributed by atoms with Crippen molar-refractivity contribution in [1.82, 2.24) is 0 Å². The van der Waals surface area contributed by atoms with Gasteiger partial charge in [0.2, 0.25) is 0 Å². The number of carbonyl (C=O) groups excluding carboxylic acids is 1. The van der Waals surface area contributed by atoms with Crippen molar-refractivity contribution in [1.29, 1.82) is 0 Å². The Morgan fingerprint density at radius 3 is 2.27 bits per heavy atom. The molecule has 33 heavy (non-hydrogen) atoms. The van der Waals surface area contributed by atoms with E-state index in [9.17, 15) is 33.4 Å². The summed E-state index contributed by atoms with van der Waals surface area (Å²) >= 11 is 0.974.